The molecule has 1 aromatic carbocycles. The quantitative estimate of drug-likeness (QED) is 0.635. The molecule has 1 saturated carbocycles. The Balaban J connectivity index is 2.07. The lowest BCUT2D eigenvalue weighted by atomic mass is 9.94. The summed E-state index contributed by atoms with van der Waals surface area (Å²) in [5.74, 6) is 0.844. The number of fused-ring (bicyclic) bond motifs is 4. The topological polar surface area (TPSA) is 12.0 Å². The van der Waals surface area contributed by atoms with Crippen molar-refractivity contribution in [2.75, 3.05) is 0 Å². The van der Waals surface area contributed by atoms with E-state index in [-0.39, 0.29) is 0 Å². The molecule has 0 saturated heterocycles. The van der Waals surface area contributed by atoms with E-state index in [1.807, 2.05) is 0 Å². The van der Waals surface area contributed by atoms with Crippen LogP contribution in [-0.2, 0) is 6.54 Å². The molecule has 0 spiro atoms. The lowest BCUT2D eigenvalue weighted by Crippen LogP contribution is -2.24. The molecule has 1 N–H and O–H groups in total. The van der Waals surface area contributed by atoms with Crippen molar-refractivity contribution in [3.05, 3.63) is 35.4 Å². The van der Waals surface area contributed by atoms with Crippen molar-refractivity contribution in [3.8, 4) is 0 Å². The van der Waals surface area contributed by atoms with Crippen LogP contribution in [0.4, 0.5) is 0 Å². The fraction of sp³-hybridized carbons (Fsp3) is 0.500. The molecule has 1 aromatic rings. The molecule has 1 heteroatoms. The van der Waals surface area contributed by atoms with E-state index in [4.69, 9.17) is 0 Å². The Morgan fingerprint density at radius 2 is 2.08 bits per heavy atom. The fourth-order valence-corrected chi connectivity index (χ4v) is 2.80. The van der Waals surface area contributed by atoms with Crippen molar-refractivity contribution in [3.63, 3.8) is 0 Å². The lowest BCUT2D eigenvalue weighted by Gasteiger charge is -2.13. The summed E-state index contributed by atoms with van der Waals surface area (Å²) >= 11 is 0. The molecule has 1 aliphatic heterocycles. The van der Waals surface area contributed by atoms with Gasteiger partial charge in [0, 0.05) is 12.6 Å². The Labute approximate surface area is 79.2 Å². The molecule has 68 valence electrons. The van der Waals surface area contributed by atoms with E-state index >= 15 is 0 Å². The van der Waals surface area contributed by atoms with E-state index < -0.39 is 0 Å². The third-order valence-electron chi connectivity index (χ3n) is 3.51. The van der Waals surface area contributed by atoms with Gasteiger partial charge in [0.1, 0.15) is 0 Å². The van der Waals surface area contributed by atoms with Gasteiger partial charge in [0.25, 0.3) is 0 Å². The number of benzene rings is 1. The number of hydrogen-bond donors (Lipinski definition) is 1. The average molecular weight is 173 g/mol. The predicted molar refractivity (Wildman–Crippen MR) is 53.7 cm³/mol. The molecule has 13 heavy (non-hydrogen) atoms. The fourth-order valence-electron chi connectivity index (χ4n) is 2.80. The highest BCUT2D eigenvalue weighted by Gasteiger charge is 2.29. The molecule has 2 atom stereocenters. The minimum absolute atomic E-state index is 0.789. The second-order valence-corrected chi connectivity index (χ2v) is 4.29. The molecule has 1 aliphatic carbocycles. The summed E-state index contributed by atoms with van der Waals surface area (Å²) in [7, 11) is 0. The van der Waals surface area contributed by atoms with Gasteiger partial charge < -0.3 is 5.32 Å². The van der Waals surface area contributed by atoms with Gasteiger partial charge in [-0.3, -0.25) is 0 Å². The van der Waals surface area contributed by atoms with Gasteiger partial charge in [0.05, 0.1) is 0 Å². The Morgan fingerprint density at radius 1 is 1.15 bits per heavy atom. The number of nitrogens with one attached hydrogen (secondary N) is 1. The lowest BCUT2D eigenvalue weighted by molar-refractivity contribution is 0.530. The summed E-state index contributed by atoms with van der Waals surface area (Å²) in [6, 6.07) is 9.70. The van der Waals surface area contributed by atoms with Gasteiger partial charge >= 0.3 is 0 Å². The van der Waals surface area contributed by atoms with E-state index in [0.717, 1.165) is 18.5 Å². The van der Waals surface area contributed by atoms with Crippen LogP contribution in [-0.4, -0.2) is 6.04 Å². The van der Waals surface area contributed by atoms with Crippen LogP contribution < -0.4 is 5.32 Å². The summed E-state index contributed by atoms with van der Waals surface area (Å²) < 4.78 is 0. The first-order chi connectivity index (χ1) is 6.43. The van der Waals surface area contributed by atoms with E-state index in [9.17, 15) is 0 Å². The van der Waals surface area contributed by atoms with Crippen LogP contribution in [0.2, 0.25) is 0 Å². The van der Waals surface area contributed by atoms with Crippen molar-refractivity contribution in [1.82, 2.24) is 5.32 Å². The number of rotatable bonds is 0. The smallest absolute Gasteiger partial charge is 0.0210 e. The second-order valence-electron chi connectivity index (χ2n) is 4.29. The van der Waals surface area contributed by atoms with Crippen molar-refractivity contribution in [1.29, 1.82) is 0 Å². The Bertz CT molecular complexity index is 319. The molecule has 0 amide bonds. The molecule has 1 fully saturated rings. The van der Waals surface area contributed by atoms with Gasteiger partial charge in [0.15, 0.2) is 0 Å². The molecular formula is C12H15N. The third-order valence-corrected chi connectivity index (χ3v) is 3.51. The Hall–Kier alpha value is -0.820. The van der Waals surface area contributed by atoms with Gasteiger partial charge in [-0.1, -0.05) is 24.3 Å². The highest BCUT2D eigenvalue weighted by molar-refractivity contribution is 5.32. The zero-order chi connectivity index (χ0) is 8.67. The average Bonchev–Trinajstić information content (AvgIpc) is 2.54. The SMILES string of the molecule is c1ccc2c(c1)CNC1CCC2C1. The minimum Gasteiger partial charge on any atom is -0.310 e. The summed E-state index contributed by atoms with van der Waals surface area (Å²) in [5, 5.41) is 3.63. The molecule has 1 heterocycles. The first-order valence-corrected chi connectivity index (χ1v) is 5.24. The highest BCUT2D eigenvalue weighted by Crippen LogP contribution is 2.38. The van der Waals surface area contributed by atoms with Crippen LogP contribution in [0.1, 0.15) is 36.3 Å². The minimum atomic E-state index is 0.789. The first-order valence-electron chi connectivity index (χ1n) is 5.24. The van der Waals surface area contributed by atoms with Crippen molar-refractivity contribution < 1.29 is 0 Å². The molecule has 2 unspecified atom stereocenters. The van der Waals surface area contributed by atoms with Gasteiger partial charge in [-0.25, -0.2) is 0 Å². The van der Waals surface area contributed by atoms with E-state index in [2.05, 4.69) is 29.6 Å². The van der Waals surface area contributed by atoms with Crippen LogP contribution in [0.25, 0.3) is 0 Å². The van der Waals surface area contributed by atoms with Crippen LogP contribution in [0, 0.1) is 0 Å². The van der Waals surface area contributed by atoms with Crippen molar-refractivity contribution in [2.45, 2.75) is 37.8 Å². The Morgan fingerprint density at radius 3 is 3.08 bits per heavy atom. The zero-order valence-electron chi connectivity index (χ0n) is 7.79. The van der Waals surface area contributed by atoms with Gasteiger partial charge in [-0.05, 0) is 36.3 Å². The van der Waals surface area contributed by atoms with Crippen LogP contribution in [0.15, 0.2) is 24.3 Å². The second kappa shape index (κ2) is 2.85. The van der Waals surface area contributed by atoms with Crippen molar-refractivity contribution in [2.24, 2.45) is 0 Å². The molecule has 0 radical (unpaired) electrons. The van der Waals surface area contributed by atoms with Gasteiger partial charge in [-0.2, -0.15) is 0 Å². The maximum absolute atomic E-state index is 3.63. The summed E-state index contributed by atoms with van der Waals surface area (Å²) in [6.07, 6.45) is 4.12. The molecule has 2 aliphatic rings. The molecular weight excluding hydrogens is 158 g/mol. The van der Waals surface area contributed by atoms with E-state index in [1.54, 1.807) is 5.56 Å². The molecule has 0 aromatic heterocycles. The monoisotopic (exact) mass is 173 g/mol. The van der Waals surface area contributed by atoms with E-state index in [1.165, 1.54) is 24.8 Å². The first kappa shape index (κ1) is 7.57. The van der Waals surface area contributed by atoms with E-state index in [0.29, 0.717) is 0 Å². The van der Waals surface area contributed by atoms with Crippen LogP contribution in [0.5, 0.6) is 0 Å². The Kier molecular flexibility index (Phi) is 1.66. The number of hydrogen-bond acceptors (Lipinski definition) is 1. The van der Waals surface area contributed by atoms with Crippen molar-refractivity contribution >= 4 is 0 Å². The summed E-state index contributed by atoms with van der Waals surface area (Å²) in [4.78, 5) is 0. The van der Waals surface area contributed by atoms with Crippen LogP contribution >= 0.6 is 0 Å². The normalized spacial score (nSPS) is 31.1. The zero-order valence-corrected chi connectivity index (χ0v) is 7.79. The largest absolute Gasteiger partial charge is 0.310 e. The maximum atomic E-state index is 3.63. The highest BCUT2D eigenvalue weighted by atomic mass is 14.9. The van der Waals surface area contributed by atoms with Crippen LogP contribution in [0.3, 0.4) is 0 Å². The molecule has 2 bridgehead atoms. The summed E-state index contributed by atoms with van der Waals surface area (Å²) in [5.41, 5.74) is 3.13. The van der Waals surface area contributed by atoms with Gasteiger partial charge in [0.2, 0.25) is 0 Å². The summed E-state index contributed by atoms with van der Waals surface area (Å²) in [6.45, 7) is 1.08. The molecule has 1 nitrogen and oxygen atoms in total. The predicted octanol–water partition coefficient (Wildman–Crippen LogP) is 2.43. The third kappa shape index (κ3) is 1.19. The van der Waals surface area contributed by atoms with Gasteiger partial charge in [-0.15, -0.1) is 0 Å². The standard InChI is InChI=1S/C12H15N/c1-2-4-12-9-5-6-11(7-9)13-8-10(12)3-1/h1-4,9,11,13H,5-8H2. The molecule has 3 rings (SSSR count). The maximum Gasteiger partial charge on any atom is 0.0210 e.